The fraction of sp³-hybridized carbons (Fsp3) is 0.588. The zero-order valence-electron chi connectivity index (χ0n) is 13.6. The lowest BCUT2D eigenvalue weighted by molar-refractivity contribution is -0.121. The second kappa shape index (κ2) is 12.6. The molecule has 4 nitrogen and oxygen atoms in total. The normalized spacial score (nSPS) is 15.3. The van der Waals surface area contributed by atoms with E-state index in [2.05, 4.69) is 40.5 Å². The van der Waals surface area contributed by atoms with Crippen LogP contribution in [0.2, 0.25) is 0 Å². The number of nitrogens with one attached hydrogen (secondary N) is 1. The number of benzene rings is 1. The lowest BCUT2D eigenvalue weighted by Gasteiger charge is -2.32. The van der Waals surface area contributed by atoms with Gasteiger partial charge < -0.3 is 11.1 Å². The summed E-state index contributed by atoms with van der Waals surface area (Å²) < 4.78 is 0. The number of likely N-dealkylation sites (tertiary alicyclic amines) is 1. The van der Waals surface area contributed by atoms with Crippen LogP contribution in [0.1, 0.15) is 31.2 Å². The molecular formula is C17H29Cl2N3O. The van der Waals surface area contributed by atoms with E-state index in [9.17, 15) is 4.79 Å². The van der Waals surface area contributed by atoms with E-state index in [0.717, 1.165) is 32.6 Å². The summed E-state index contributed by atoms with van der Waals surface area (Å²) >= 11 is 0. The minimum atomic E-state index is 0. The molecule has 1 amide bonds. The number of hydrogen-bond acceptors (Lipinski definition) is 3. The summed E-state index contributed by atoms with van der Waals surface area (Å²) in [4.78, 5) is 14.1. The van der Waals surface area contributed by atoms with Gasteiger partial charge >= 0.3 is 0 Å². The molecule has 1 heterocycles. The molecule has 6 heteroatoms. The number of rotatable bonds is 7. The zero-order valence-corrected chi connectivity index (χ0v) is 15.2. The number of nitrogens with zero attached hydrogens (tertiary/aromatic N) is 1. The van der Waals surface area contributed by atoms with Crippen LogP contribution < -0.4 is 11.1 Å². The fourth-order valence-electron chi connectivity index (χ4n) is 2.80. The van der Waals surface area contributed by atoms with Crippen LogP contribution in [-0.2, 0) is 11.3 Å². The van der Waals surface area contributed by atoms with Crippen molar-refractivity contribution < 1.29 is 4.79 Å². The van der Waals surface area contributed by atoms with E-state index in [1.165, 1.54) is 18.4 Å². The molecule has 0 radical (unpaired) electrons. The van der Waals surface area contributed by atoms with Gasteiger partial charge in [0.05, 0.1) is 0 Å². The highest BCUT2D eigenvalue weighted by atomic mass is 35.5. The molecule has 1 aliphatic rings. The maximum absolute atomic E-state index is 11.6. The first-order chi connectivity index (χ1) is 10.3. The van der Waals surface area contributed by atoms with Crippen molar-refractivity contribution in [2.24, 2.45) is 11.7 Å². The van der Waals surface area contributed by atoms with Crippen molar-refractivity contribution in [3.8, 4) is 0 Å². The molecule has 23 heavy (non-hydrogen) atoms. The highest BCUT2D eigenvalue weighted by Crippen LogP contribution is 2.18. The topological polar surface area (TPSA) is 58.4 Å². The number of hydrogen-bond donors (Lipinski definition) is 2. The Bertz CT molecular complexity index is 423. The highest BCUT2D eigenvalue weighted by molar-refractivity contribution is 5.85. The molecule has 1 aromatic carbocycles. The first-order valence-corrected chi connectivity index (χ1v) is 8.01. The van der Waals surface area contributed by atoms with Gasteiger partial charge in [-0.2, -0.15) is 0 Å². The second-order valence-corrected chi connectivity index (χ2v) is 5.90. The van der Waals surface area contributed by atoms with Crippen LogP contribution in [0.25, 0.3) is 0 Å². The SMILES string of the molecule is Cl.Cl.NCCCC(=O)NCC1CCN(Cc2ccccc2)CC1. The monoisotopic (exact) mass is 361 g/mol. The summed E-state index contributed by atoms with van der Waals surface area (Å²) in [7, 11) is 0. The Labute approximate surface area is 152 Å². The molecule has 0 atom stereocenters. The van der Waals surface area contributed by atoms with Gasteiger partial charge in [-0.05, 0) is 50.4 Å². The third kappa shape index (κ3) is 8.56. The van der Waals surface area contributed by atoms with E-state index in [1.54, 1.807) is 0 Å². The van der Waals surface area contributed by atoms with Crippen molar-refractivity contribution in [3.63, 3.8) is 0 Å². The molecule has 2 rings (SSSR count). The Morgan fingerprint density at radius 3 is 2.43 bits per heavy atom. The van der Waals surface area contributed by atoms with Gasteiger partial charge in [-0.15, -0.1) is 24.8 Å². The maximum Gasteiger partial charge on any atom is 0.220 e. The van der Waals surface area contributed by atoms with Gasteiger partial charge in [0.1, 0.15) is 0 Å². The number of amides is 1. The minimum Gasteiger partial charge on any atom is -0.356 e. The molecule has 132 valence electrons. The zero-order chi connectivity index (χ0) is 14.9. The molecule has 0 aliphatic carbocycles. The van der Waals surface area contributed by atoms with E-state index in [0.29, 0.717) is 18.9 Å². The summed E-state index contributed by atoms with van der Waals surface area (Å²) in [5.41, 5.74) is 6.79. The predicted molar refractivity (Wildman–Crippen MR) is 100 cm³/mol. The van der Waals surface area contributed by atoms with Crippen LogP contribution in [0.4, 0.5) is 0 Å². The predicted octanol–water partition coefficient (Wildman–Crippen LogP) is 2.60. The average molecular weight is 362 g/mol. The summed E-state index contributed by atoms with van der Waals surface area (Å²) in [6, 6.07) is 10.6. The smallest absolute Gasteiger partial charge is 0.220 e. The van der Waals surface area contributed by atoms with Crippen molar-refractivity contribution in [2.75, 3.05) is 26.2 Å². The van der Waals surface area contributed by atoms with Crippen molar-refractivity contribution in [2.45, 2.75) is 32.2 Å². The Morgan fingerprint density at radius 1 is 1.17 bits per heavy atom. The van der Waals surface area contributed by atoms with Gasteiger partial charge in [-0.25, -0.2) is 0 Å². The van der Waals surface area contributed by atoms with Crippen LogP contribution in [-0.4, -0.2) is 37.0 Å². The number of carbonyl (C=O) groups excluding carboxylic acids is 1. The molecule has 0 spiro atoms. The summed E-state index contributed by atoms with van der Waals surface area (Å²) in [6.07, 6.45) is 3.68. The van der Waals surface area contributed by atoms with E-state index in [4.69, 9.17) is 5.73 Å². The molecule has 0 unspecified atom stereocenters. The maximum atomic E-state index is 11.6. The number of carbonyl (C=O) groups is 1. The molecular weight excluding hydrogens is 333 g/mol. The summed E-state index contributed by atoms with van der Waals surface area (Å²) in [5.74, 6) is 0.769. The third-order valence-electron chi connectivity index (χ3n) is 4.15. The average Bonchev–Trinajstić information content (AvgIpc) is 2.53. The largest absolute Gasteiger partial charge is 0.356 e. The number of piperidine rings is 1. The Morgan fingerprint density at radius 2 is 1.83 bits per heavy atom. The summed E-state index contributed by atoms with van der Waals surface area (Å²) in [6.45, 7) is 4.70. The van der Waals surface area contributed by atoms with Crippen LogP contribution in [0.15, 0.2) is 30.3 Å². The molecule has 1 aliphatic heterocycles. The quantitative estimate of drug-likeness (QED) is 0.784. The van der Waals surface area contributed by atoms with Gasteiger partial charge in [0.25, 0.3) is 0 Å². The van der Waals surface area contributed by atoms with Crippen LogP contribution >= 0.6 is 24.8 Å². The lowest BCUT2D eigenvalue weighted by Crippen LogP contribution is -2.38. The molecule has 0 saturated carbocycles. The lowest BCUT2D eigenvalue weighted by atomic mass is 9.96. The van der Waals surface area contributed by atoms with Gasteiger partial charge in [0.15, 0.2) is 0 Å². The fourth-order valence-corrected chi connectivity index (χ4v) is 2.80. The molecule has 1 aromatic rings. The molecule has 0 bridgehead atoms. The standard InChI is InChI=1S/C17H27N3O.2ClH/c18-10-4-7-17(21)19-13-15-8-11-20(12-9-15)14-16-5-2-1-3-6-16;;/h1-3,5-6,15H,4,7-14,18H2,(H,19,21);2*1H. The Balaban J connectivity index is 0.00000242. The van der Waals surface area contributed by atoms with Gasteiger partial charge in [-0.3, -0.25) is 9.69 Å². The van der Waals surface area contributed by atoms with Gasteiger partial charge in [0, 0.05) is 19.5 Å². The van der Waals surface area contributed by atoms with Crippen molar-refractivity contribution in [3.05, 3.63) is 35.9 Å². The minimum absolute atomic E-state index is 0. The molecule has 0 aromatic heterocycles. The Kier molecular flexibility index (Phi) is 12.1. The number of halogens is 2. The van der Waals surface area contributed by atoms with E-state index >= 15 is 0 Å². The van der Waals surface area contributed by atoms with Crippen LogP contribution in [0.3, 0.4) is 0 Å². The molecule has 3 N–H and O–H groups in total. The summed E-state index contributed by atoms with van der Waals surface area (Å²) in [5, 5.41) is 3.04. The molecule has 1 saturated heterocycles. The first kappa shape index (κ1) is 22.2. The van der Waals surface area contributed by atoms with Crippen molar-refractivity contribution >= 4 is 30.7 Å². The van der Waals surface area contributed by atoms with E-state index in [1.807, 2.05) is 0 Å². The van der Waals surface area contributed by atoms with E-state index < -0.39 is 0 Å². The third-order valence-corrected chi connectivity index (χ3v) is 4.15. The van der Waals surface area contributed by atoms with Crippen molar-refractivity contribution in [1.29, 1.82) is 0 Å². The van der Waals surface area contributed by atoms with Crippen LogP contribution in [0.5, 0.6) is 0 Å². The van der Waals surface area contributed by atoms with Crippen LogP contribution in [0, 0.1) is 5.92 Å². The Hall–Kier alpha value is -0.810. The highest BCUT2D eigenvalue weighted by Gasteiger charge is 2.19. The first-order valence-electron chi connectivity index (χ1n) is 8.01. The number of nitrogens with two attached hydrogens (primary N) is 1. The van der Waals surface area contributed by atoms with Gasteiger partial charge in [-0.1, -0.05) is 30.3 Å². The molecule has 1 fully saturated rings. The van der Waals surface area contributed by atoms with Gasteiger partial charge in [0.2, 0.25) is 5.91 Å². The second-order valence-electron chi connectivity index (χ2n) is 5.90. The van der Waals surface area contributed by atoms with Crippen molar-refractivity contribution in [1.82, 2.24) is 10.2 Å². The van der Waals surface area contributed by atoms with E-state index in [-0.39, 0.29) is 30.7 Å².